The number of fused-ring (bicyclic) bond motifs is 1. The number of hydrogen-bond donors (Lipinski definition) is 1. The third kappa shape index (κ3) is 7.45. The Morgan fingerprint density at radius 1 is 1.18 bits per heavy atom. The maximum atomic E-state index is 14.0. The van der Waals surface area contributed by atoms with Crippen LogP contribution in [0, 0.1) is 11.6 Å². The number of aromatic nitrogens is 2. The van der Waals surface area contributed by atoms with Crippen molar-refractivity contribution < 1.29 is 31.9 Å². The largest absolute Gasteiger partial charge is 0.487 e. The molecule has 1 saturated heterocycles. The van der Waals surface area contributed by atoms with Gasteiger partial charge in [-0.2, -0.15) is 0 Å². The van der Waals surface area contributed by atoms with Gasteiger partial charge in [0.25, 0.3) is 6.43 Å². The van der Waals surface area contributed by atoms with E-state index in [2.05, 4.69) is 10.3 Å². The summed E-state index contributed by atoms with van der Waals surface area (Å²) in [7, 11) is 3.35. The number of ether oxygens (including phenoxy) is 1. The number of alkyl halides is 2. The van der Waals surface area contributed by atoms with Gasteiger partial charge < -0.3 is 29.5 Å². The zero-order valence-corrected chi connectivity index (χ0v) is 21.6. The summed E-state index contributed by atoms with van der Waals surface area (Å²) in [5, 5.41) is 2.71. The number of hydrogen-bond acceptors (Lipinski definition) is 7. The van der Waals surface area contributed by atoms with E-state index < -0.39 is 24.6 Å². The Labute approximate surface area is 218 Å². The number of carbonyl (C=O) groups excluding carboxylic acids is 2. The first-order chi connectivity index (χ1) is 18.1. The summed E-state index contributed by atoms with van der Waals surface area (Å²) in [5.74, 6) is -0.729. The number of nitrogens with zero attached hydrogens (tertiary/aromatic N) is 5. The van der Waals surface area contributed by atoms with Crippen molar-refractivity contribution >= 4 is 24.0 Å². The van der Waals surface area contributed by atoms with Crippen molar-refractivity contribution in [3.8, 4) is 5.75 Å². The Morgan fingerprint density at radius 3 is 2.47 bits per heavy atom. The number of benzene rings is 1. The van der Waals surface area contributed by atoms with Gasteiger partial charge in [-0.1, -0.05) is 0 Å². The van der Waals surface area contributed by atoms with Gasteiger partial charge in [-0.3, -0.25) is 0 Å². The molecule has 13 heteroatoms. The second-order valence-electron chi connectivity index (χ2n) is 9.02. The minimum absolute atomic E-state index is 0.0108. The molecule has 1 N–H and O–H groups in total. The van der Waals surface area contributed by atoms with Gasteiger partial charge in [-0.15, -0.1) is 0 Å². The van der Waals surface area contributed by atoms with E-state index in [1.165, 1.54) is 17.9 Å². The number of nitrogens with one attached hydrogen (secondary N) is 1. The van der Waals surface area contributed by atoms with E-state index in [9.17, 15) is 22.4 Å². The number of aldehydes is 1. The van der Waals surface area contributed by atoms with E-state index in [0.717, 1.165) is 18.4 Å². The molecule has 0 unspecified atom stereocenters. The van der Waals surface area contributed by atoms with Gasteiger partial charge in [0.1, 0.15) is 18.2 Å². The number of amides is 2. The number of halogens is 4. The predicted octanol–water partition coefficient (Wildman–Crippen LogP) is 3.72. The molecule has 1 fully saturated rings. The topological polar surface area (TPSA) is 90.9 Å². The van der Waals surface area contributed by atoms with Crippen molar-refractivity contribution in [1.82, 2.24) is 19.8 Å². The lowest BCUT2D eigenvalue weighted by Gasteiger charge is -2.35. The van der Waals surface area contributed by atoms with Crippen molar-refractivity contribution in [3.63, 3.8) is 0 Å². The molecule has 1 aromatic heterocycles. The second kappa shape index (κ2) is 13.2. The van der Waals surface area contributed by atoms with Crippen molar-refractivity contribution in [2.24, 2.45) is 0 Å². The first-order valence-electron chi connectivity index (χ1n) is 12.3. The van der Waals surface area contributed by atoms with Crippen LogP contribution >= 0.6 is 0 Å². The van der Waals surface area contributed by atoms with Crippen LogP contribution in [0.15, 0.2) is 18.2 Å². The summed E-state index contributed by atoms with van der Waals surface area (Å²) in [4.78, 5) is 35.6. The van der Waals surface area contributed by atoms with Gasteiger partial charge in [-0.25, -0.2) is 32.3 Å². The third-order valence-corrected chi connectivity index (χ3v) is 6.00. The quantitative estimate of drug-likeness (QED) is 0.441. The molecule has 0 spiro atoms. The lowest BCUT2D eigenvalue weighted by atomic mass is 10.1. The van der Waals surface area contributed by atoms with Crippen LogP contribution in [-0.4, -0.2) is 84.9 Å². The highest BCUT2D eigenvalue weighted by Crippen LogP contribution is 2.30. The van der Waals surface area contributed by atoms with Crippen LogP contribution in [-0.2, 0) is 17.8 Å². The summed E-state index contributed by atoms with van der Waals surface area (Å²) in [6, 6.07) is 3.05. The number of anilines is 2. The van der Waals surface area contributed by atoms with Gasteiger partial charge in [0, 0.05) is 59.1 Å². The van der Waals surface area contributed by atoms with Crippen LogP contribution in [0.5, 0.6) is 5.75 Å². The normalized spacial score (nSPS) is 15.4. The molecule has 208 valence electrons. The highest BCUT2D eigenvalue weighted by molar-refractivity contribution is 5.74. The van der Waals surface area contributed by atoms with E-state index in [4.69, 9.17) is 14.5 Å². The lowest BCUT2D eigenvalue weighted by Crippen LogP contribution is -2.43. The molecule has 38 heavy (non-hydrogen) atoms. The Morgan fingerprint density at radius 2 is 1.87 bits per heavy atom. The number of carbonyl (C=O) groups is 2. The fourth-order valence-corrected chi connectivity index (χ4v) is 4.22. The predicted molar refractivity (Wildman–Crippen MR) is 134 cm³/mol. The van der Waals surface area contributed by atoms with Crippen LogP contribution in [0.25, 0.3) is 0 Å². The average molecular weight is 541 g/mol. The molecule has 2 amide bonds. The third-order valence-electron chi connectivity index (χ3n) is 6.00. The monoisotopic (exact) mass is 540 g/mol. The molecule has 2 aliphatic rings. The molecule has 0 saturated carbocycles. The summed E-state index contributed by atoms with van der Waals surface area (Å²) in [6.07, 6.45) is -0.573. The maximum Gasteiger partial charge on any atom is 0.319 e. The smallest absolute Gasteiger partial charge is 0.319 e. The molecule has 0 aliphatic carbocycles. The first-order valence-corrected chi connectivity index (χ1v) is 12.3. The van der Waals surface area contributed by atoms with Crippen LogP contribution in [0.1, 0.15) is 31.2 Å². The van der Waals surface area contributed by atoms with E-state index in [-0.39, 0.29) is 30.2 Å². The van der Waals surface area contributed by atoms with Gasteiger partial charge in [0.15, 0.2) is 23.2 Å². The maximum absolute atomic E-state index is 14.0. The van der Waals surface area contributed by atoms with Gasteiger partial charge in [0.2, 0.25) is 0 Å². The summed E-state index contributed by atoms with van der Waals surface area (Å²) < 4.78 is 58.7. The standard InChI is InChI=1S/C23H28F4N6O2.C2H4O/c1-31(2)23(34)33-10-7-17-18(13-33)30-22(21(29-17)28-12-20(26)27)32-8-5-15(6-9-32)35-19-4-3-14(24)11-16(19)25;1-2-3/h3-4,11,15,20H,5-10,12-13H2,1-2H3,(H,28,29);2H,1H3. The molecule has 4 rings (SSSR count). The highest BCUT2D eigenvalue weighted by atomic mass is 19.3. The van der Waals surface area contributed by atoms with E-state index in [1.54, 1.807) is 19.0 Å². The Bertz CT molecular complexity index is 1110. The van der Waals surface area contributed by atoms with Gasteiger partial charge in [-0.05, 0) is 19.1 Å². The lowest BCUT2D eigenvalue weighted by molar-refractivity contribution is -0.106. The van der Waals surface area contributed by atoms with Gasteiger partial charge in [0.05, 0.1) is 24.5 Å². The van der Waals surface area contributed by atoms with Crippen LogP contribution in [0.4, 0.5) is 34.0 Å². The van der Waals surface area contributed by atoms with Crippen molar-refractivity contribution in [3.05, 3.63) is 41.2 Å². The minimum atomic E-state index is -2.56. The second-order valence-corrected chi connectivity index (χ2v) is 9.02. The highest BCUT2D eigenvalue weighted by Gasteiger charge is 2.29. The molecule has 0 radical (unpaired) electrons. The number of piperidine rings is 1. The van der Waals surface area contributed by atoms with Gasteiger partial charge >= 0.3 is 6.03 Å². The van der Waals surface area contributed by atoms with Crippen molar-refractivity contribution in [2.45, 2.75) is 45.3 Å². The number of urea groups is 1. The minimum Gasteiger partial charge on any atom is -0.487 e. The van der Waals surface area contributed by atoms with Crippen LogP contribution in [0.2, 0.25) is 0 Å². The Kier molecular flexibility index (Phi) is 10.1. The van der Waals surface area contributed by atoms with Crippen LogP contribution < -0.4 is 15.0 Å². The fourth-order valence-electron chi connectivity index (χ4n) is 4.22. The summed E-state index contributed by atoms with van der Waals surface area (Å²) in [5.41, 5.74) is 1.31. The van der Waals surface area contributed by atoms with Crippen LogP contribution in [0.3, 0.4) is 0 Å². The molecule has 3 heterocycles. The molecular formula is C25H32F4N6O3. The fraction of sp³-hybridized carbons (Fsp3) is 0.520. The Hall–Kier alpha value is -3.64. The zero-order chi connectivity index (χ0) is 27.8. The molecule has 1 aromatic carbocycles. The van der Waals surface area contributed by atoms with E-state index in [0.29, 0.717) is 56.1 Å². The van der Waals surface area contributed by atoms with E-state index in [1.807, 2.05) is 4.90 Å². The number of rotatable bonds is 6. The zero-order valence-electron chi connectivity index (χ0n) is 21.6. The molecule has 2 aromatic rings. The summed E-state index contributed by atoms with van der Waals surface area (Å²) in [6.45, 7) is 2.59. The first kappa shape index (κ1) is 28.9. The summed E-state index contributed by atoms with van der Waals surface area (Å²) >= 11 is 0. The molecule has 2 aliphatic heterocycles. The SMILES string of the molecule is CC=O.CN(C)C(=O)N1CCc2nc(NCC(F)F)c(N3CCC(Oc4ccc(F)cc4F)CC3)nc2C1. The molecule has 9 nitrogen and oxygen atoms in total. The average Bonchev–Trinajstić information content (AvgIpc) is 2.88. The molecule has 0 bridgehead atoms. The Balaban J connectivity index is 0.00000127. The molecular weight excluding hydrogens is 508 g/mol. The van der Waals surface area contributed by atoms with Crippen molar-refractivity contribution in [1.29, 1.82) is 0 Å². The van der Waals surface area contributed by atoms with E-state index >= 15 is 0 Å². The van der Waals surface area contributed by atoms with Crippen molar-refractivity contribution in [2.75, 3.05) is 50.5 Å². The molecule has 0 atom stereocenters.